The molecule has 1 aliphatic carbocycles. The van der Waals surface area contributed by atoms with Gasteiger partial charge in [0.1, 0.15) is 0 Å². The average molecular weight is 211 g/mol. The summed E-state index contributed by atoms with van der Waals surface area (Å²) in [6.07, 6.45) is 4.27. The minimum absolute atomic E-state index is 1.06. The summed E-state index contributed by atoms with van der Waals surface area (Å²) in [4.78, 5) is 5.27. The molecule has 15 heavy (non-hydrogen) atoms. The Morgan fingerprint density at radius 1 is 1.07 bits per heavy atom. The highest BCUT2D eigenvalue weighted by atomic mass is 15.3. The maximum absolute atomic E-state index is 3.21. The molecule has 2 rings (SSSR count). The van der Waals surface area contributed by atoms with Crippen molar-refractivity contribution in [2.75, 3.05) is 52.9 Å². The first-order valence-corrected chi connectivity index (χ1v) is 6.48. The van der Waals surface area contributed by atoms with Gasteiger partial charge >= 0.3 is 0 Å². The van der Waals surface area contributed by atoms with Gasteiger partial charge in [-0.1, -0.05) is 0 Å². The molecule has 0 aromatic carbocycles. The van der Waals surface area contributed by atoms with Crippen LogP contribution in [-0.4, -0.2) is 62.7 Å². The first-order chi connectivity index (χ1) is 7.38. The Bertz CT molecular complexity index is 172. The van der Waals surface area contributed by atoms with Crippen LogP contribution in [0.4, 0.5) is 0 Å². The van der Waals surface area contributed by atoms with Gasteiger partial charge in [-0.25, -0.2) is 0 Å². The number of rotatable bonds is 6. The molecule has 0 bridgehead atoms. The lowest BCUT2D eigenvalue weighted by Gasteiger charge is -2.34. The third-order valence-electron chi connectivity index (χ3n) is 3.58. The molecule has 3 nitrogen and oxygen atoms in total. The minimum atomic E-state index is 1.06. The van der Waals surface area contributed by atoms with E-state index in [0.29, 0.717) is 0 Å². The summed E-state index contributed by atoms with van der Waals surface area (Å²) in [7, 11) is 2.04. The van der Waals surface area contributed by atoms with E-state index in [9.17, 15) is 0 Å². The molecule has 0 atom stereocenters. The maximum Gasteiger partial charge on any atom is 0.0110 e. The van der Waals surface area contributed by atoms with Gasteiger partial charge in [-0.15, -0.1) is 0 Å². The van der Waals surface area contributed by atoms with Crippen molar-refractivity contribution >= 4 is 0 Å². The topological polar surface area (TPSA) is 18.5 Å². The third-order valence-corrected chi connectivity index (χ3v) is 3.58. The summed E-state index contributed by atoms with van der Waals surface area (Å²) in [5.74, 6) is 1.06. The lowest BCUT2D eigenvalue weighted by atomic mass is 10.2. The number of piperazine rings is 1. The van der Waals surface area contributed by atoms with Crippen molar-refractivity contribution in [2.24, 2.45) is 5.92 Å². The molecule has 3 heteroatoms. The van der Waals surface area contributed by atoms with Crippen molar-refractivity contribution in [3.63, 3.8) is 0 Å². The molecule has 0 radical (unpaired) electrons. The quantitative estimate of drug-likeness (QED) is 0.650. The van der Waals surface area contributed by atoms with E-state index in [1.807, 2.05) is 7.05 Å². The molecule has 2 fully saturated rings. The Hall–Kier alpha value is -0.120. The summed E-state index contributed by atoms with van der Waals surface area (Å²) in [5.41, 5.74) is 0. The van der Waals surface area contributed by atoms with Gasteiger partial charge in [-0.3, -0.25) is 0 Å². The molecule has 0 amide bonds. The predicted molar refractivity (Wildman–Crippen MR) is 64.1 cm³/mol. The maximum atomic E-state index is 3.21. The lowest BCUT2D eigenvalue weighted by molar-refractivity contribution is 0.127. The number of hydrogen-bond donors (Lipinski definition) is 1. The van der Waals surface area contributed by atoms with Crippen LogP contribution in [0.1, 0.15) is 19.3 Å². The van der Waals surface area contributed by atoms with Crippen molar-refractivity contribution < 1.29 is 0 Å². The lowest BCUT2D eigenvalue weighted by Crippen LogP contribution is -2.47. The Morgan fingerprint density at radius 3 is 2.33 bits per heavy atom. The molecule has 0 aromatic rings. The highest BCUT2D eigenvalue weighted by molar-refractivity contribution is 4.80. The van der Waals surface area contributed by atoms with Crippen LogP contribution >= 0.6 is 0 Å². The van der Waals surface area contributed by atoms with Crippen LogP contribution in [0, 0.1) is 5.92 Å². The van der Waals surface area contributed by atoms with E-state index in [-0.39, 0.29) is 0 Å². The zero-order chi connectivity index (χ0) is 10.5. The molecule has 88 valence electrons. The predicted octanol–water partition coefficient (Wildman–Crippen LogP) is 0.624. The monoisotopic (exact) mass is 211 g/mol. The molecule has 0 unspecified atom stereocenters. The normalized spacial score (nSPS) is 24.6. The molecule has 1 saturated heterocycles. The van der Waals surface area contributed by atoms with E-state index in [0.717, 1.165) is 12.5 Å². The van der Waals surface area contributed by atoms with Crippen LogP contribution < -0.4 is 5.32 Å². The smallest absolute Gasteiger partial charge is 0.0110 e. The first kappa shape index (κ1) is 11.4. The fourth-order valence-electron chi connectivity index (χ4n) is 2.34. The number of nitrogens with one attached hydrogen (secondary N) is 1. The molecular weight excluding hydrogens is 186 g/mol. The Kier molecular flexibility index (Phi) is 4.42. The largest absolute Gasteiger partial charge is 0.320 e. The number of nitrogens with zero attached hydrogens (tertiary/aromatic N) is 2. The van der Waals surface area contributed by atoms with Crippen LogP contribution in [0.2, 0.25) is 0 Å². The highest BCUT2D eigenvalue weighted by Crippen LogP contribution is 2.29. The van der Waals surface area contributed by atoms with Crippen molar-refractivity contribution in [2.45, 2.75) is 19.3 Å². The van der Waals surface area contributed by atoms with E-state index in [2.05, 4.69) is 15.1 Å². The Balaban J connectivity index is 1.54. The molecule has 1 heterocycles. The van der Waals surface area contributed by atoms with Crippen LogP contribution in [0.3, 0.4) is 0 Å². The van der Waals surface area contributed by atoms with Crippen LogP contribution in [0.5, 0.6) is 0 Å². The zero-order valence-electron chi connectivity index (χ0n) is 10.0. The molecule has 2 aliphatic rings. The van der Waals surface area contributed by atoms with Gasteiger partial charge in [0.25, 0.3) is 0 Å². The molecular formula is C12H25N3. The fourth-order valence-corrected chi connectivity index (χ4v) is 2.34. The van der Waals surface area contributed by atoms with Gasteiger partial charge < -0.3 is 15.1 Å². The fraction of sp³-hybridized carbons (Fsp3) is 1.00. The summed E-state index contributed by atoms with van der Waals surface area (Å²) < 4.78 is 0. The SMILES string of the molecule is CNCCCN1CCN(CC2CC2)CC1. The summed E-state index contributed by atoms with van der Waals surface area (Å²) in [6.45, 7) is 8.99. The van der Waals surface area contributed by atoms with Gasteiger partial charge in [-0.05, 0) is 45.3 Å². The van der Waals surface area contributed by atoms with Crippen LogP contribution in [-0.2, 0) is 0 Å². The van der Waals surface area contributed by atoms with Crippen LogP contribution in [0.15, 0.2) is 0 Å². The van der Waals surface area contributed by atoms with Gasteiger partial charge in [0.15, 0.2) is 0 Å². The molecule has 1 aliphatic heterocycles. The van der Waals surface area contributed by atoms with E-state index in [4.69, 9.17) is 0 Å². The molecule has 0 spiro atoms. The van der Waals surface area contributed by atoms with Gasteiger partial charge in [0.05, 0.1) is 0 Å². The van der Waals surface area contributed by atoms with Gasteiger partial charge in [-0.2, -0.15) is 0 Å². The first-order valence-electron chi connectivity index (χ1n) is 6.48. The molecule has 0 aromatic heterocycles. The third kappa shape index (κ3) is 4.09. The Labute approximate surface area is 93.8 Å². The minimum Gasteiger partial charge on any atom is -0.320 e. The summed E-state index contributed by atoms with van der Waals surface area (Å²) in [5, 5.41) is 3.21. The van der Waals surface area contributed by atoms with Crippen LogP contribution in [0.25, 0.3) is 0 Å². The second-order valence-corrected chi connectivity index (χ2v) is 5.04. The molecule has 1 saturated carbocycles. The Morgan fingerprint density at radius 2 is 1.73 bits per heavy atom. The van der Waals surface area contributed by atoms with E-state index < -0.39 is 0 Å². The second-order valence-electron chi connectivity index (χ2n) is 5.04. The number of hydrogen-bond acceptors (Lipinski definition) is 3. The van der Waals surface area contributed by atoms with E-state index in [1.54, 1.807) is 0 Å². The summed E-state index contributed by atoms with van der Waals surface area (Å²) >= 11 is 0. The van der Waals surface area contributed by atoms with E-state index >= 15 is 0 Å². The average Bonchev–Trinajstić information content (AvgIpc) is 3.05. The highest BCUT2D eigenvalue weighted by Gasteiger charge is 2.25. The summed E-state index contributed by atoms with van der Waals surface area (Å²) in [6, 6.07) is 0. The van der Waals surface area contributed by atoms with Gasteiger partial charge in [0, 0.05) is 32.7 Å². The van der Waals surface area contributed by atoms with Crippen molar-refractivity contribution in [1.29, 1.82) is 0 Å². The van der Waals surface area contributed by atoms with Gasteiger partial charge in [0.2, 0.25) is 0 Å². The van der Waals surface area contributed by atoms with E-state index in [1.165, 1.54) is 58.5 Å². The zero-order valence-corrected chi connectivity index (χ0v) is 10.0. The second kappa shape index (κ2) is 5.83. The van der Waals surface area contributed by atoms with Crippen molar-refractivity contribution in [1.82, 2.24) is 15.1 Å². The van der Waals surface area contributed by atoms with Crippen molar-refractivity contribution in [3.05, 3.63) is 0 Å². The van der Waals surface area contributed by atoms with Crippen molar-refractivity contribution in [3.8, 4) is 0 Å². The standard InChI is InChI=1S/C12H25N3/c1-13-5-2-6-14-7-9-15(10-8-14)11-12-3-4-12/h12-13H,2-11H2,1H3. The molecule has 1 N–H and O–H groups in total.